The van der Waals surface area contributed by atoms with Crippen LogP contribution in [0, 0.1) is 0 Å². The van der Waals surface area contributed by atoms with E-state index >= 15 is 0 Å². The molecule has 1 heterocycles. The van der Waals surface area contributed by atoms with E-state index in [2.05, 4.69) is 25.6 Å². The highest BCUT2D eigenvalue weighted by molar-refractivity contribution is 6.18. The summed E-state index contributed by atoms with van der Waals surface area (Å²) in [5.41, 5.74) is 5.74. The first-order valence-corrected chi connectivity index (χ1v) is 14.5. The number of benzene rings is 3. The number of nitrogens with zero attached hydrogens (tertiary/aromatic N) is 5. The molecule has 1 aromatic heterocycles. The van der Waals surface area contributed by atoms with Crippen LogP contribution in [0.2, 0.25) is 0 Å². The third kappa shape index (κ3) is 7.41. The number of aromatic amines is 1. The van der Waals surface area contributed by atoms with Crippen LogP contribution in [0.1, 0.15) is 17.0 Å². The number of hydrogen-bond acceptors (Lipinski definition) is 9. The third-order valence-electron chi connectivity index (χ3n) is 7.03. The first-order valence-electron chi connectivity index (χ1n) is 13.5. The van der Waals surface area contributed by atoms with Crippen LogP contribution in [0.5, 0.6) is 5.75 Å². The van der Waals surface area contributed by atoms with Crippen molar-refractivity contribution in [1.29, 1.82) is 0 Å². The number of anilines is 1. The van der Waals surface area contributed by atoms with Crippen LogP contribution < -0.4 is 15.4 Å². The Kier molecular flexibility index (Phi) is 11.0. The van der Waals surface area contributed by atoms with Gasteiger partial charge in [0.1, 0.15) is 11.7 Å². The van der Waals surface area contributed by atoms with Crippen LogP contribution in [0.3, 0.4) is 0 Å². The van der Waals surface area contributed by atoms with Gasteiger partial charge in [0.15, 0.2) is 6.10 Å². The number of isocyanates is 1. The standard InChI is InChI=1S/C30H29Cl2N7O5/c31-13-15-39(16-14-32)23-9-11-24(12-10-23)44-26(30(29(42)43,34-19-40)18-20-5-2-1-3-6-20)25(27(33)41)21-7-4-8-22(17-21)28-35-37-38-36-28/h1-12,17,25-26H,13-16,18H2,(H2,33,41)(H,42,43)(H,35,36,37,38)/t25?,26?,30-/m0/s1. The number of alkyl halides is 2. The number of aliphatic carboxylic acids is 1. The predicted octanol–water partition coefficient (Wildman–Crippen LogP) is 3.57. The Morgan fingerprint density at radius 1 is 1.05 bits per heavy atom. The molecule has 0 saturated carbocycles. The van der Waals surface area contributed by atoms with E-state index in [4.69, 9.17) is 33.7 Å². The molecule has 0 fully saturated rings. The van der Waals surface area contributed by atoms with Gasteiger partial charge in [0.25, 0.3) is 0 Å². The first kappa shape index (κ1) is 32.2. The summed E-state index contributed by atoms with van der Waals surface area (Å²) in [4.78, 5) is 44.1. The van der Waals surface area contributed by atoms with E-state index in [1.165, 1.54) is 6.08 Å². The number of aromatic nitrogens is 4. The van der Waals surface area contributed by atoms with Gasteiger partial charge in [-0.25, -0.2) is 9.59 Å². The maximum absolute atomic E-state index is 13.3. The topological polar surface area (TPSA) is 177 Å². The summed E-state index contributed by atoms with van der Waals surface area (Å²) in [6, 6.07) is 21.8. The minimum absolute atomic E-state index is 0.204. The second-order valence-corrected chi connectivity index (χ2v) is 10.5. The number of halogens is 2. The number of carboxylic acids is 1. The zero-order chi connectivity index (χ0) is 31.5. The summed E-state index contributed by atoms with van der Waals surface area (Å²) in [6.07, 6.45) is -0.523. The Morgan fingerprint density at radius 3 is 2.32 bits per heavy atom. The number of aliphatic imine (C=N–C) groups is 1. The van der Waals surface area contributed by atoms with Gasteiger partial charge < -0.3 is 20.5 Å². The number of H-pyrrole nitrogens is 1. The SMILES string of the molecule is NC(=O)C(c1cccc(-c2nn[nH]n2)c1)C(Oc1ccc(N(CCCl)CCCl)cc1)[C@](Cc1ccccc1)(N=C=O)C(=O)O. The lowest BCUT2D eigenvalue weighted by Crippen LogP contribution is -2.57. The number of nitrogens with two attached hydrogens (primary N) is 1. The smallest absolute Gasteiger partial charge is 0.336 e. The van der Waals surface area contributed by atoms with E-state index in [0.29, 0.717) is 36.0 Å². The molecule has 4 N–H and O–H groups in total. The summed E-state index contributed by atoms with van der Waals surface area (Å²) < 4.78 is 6.35. The van der Waals surface area contributed by atoms with Crippen molar-refractivity contribution in [3.63, 3.8) is 0 Å². The molecular weight excluding hydrogens is 609 g/mol. The van der Waals surface area contributed by atoms with Gasteiger partial charge in [-0.2, -0.15) is 10.2 Å². The van der Waals surface area contributed by atoms with Crippen LogP contribution in [-0.4, -0.2) is 80.2 Å². The summed E-state index contributed by atoms with van der Waals surface area (Å²) in [5.74, 6) is -2.64. The summed E-state index contributed by atoms with van der Waals surface area (Å²) in [5, 5.41) is 24.6. The number of hydrogen-bond donors (Lipinski definition) is 3. The molecule has 4 rings (SSSR count). The van der Waals surface area contributed by atoms with Gasteiger partial charge >= 0.3 is 5.97 Å². The zero-order valence-corrected chi connectivity index (χ0v) is 24.9. The van der Waals surface area contributed by atoms with Crippen LogP contribution in [0.4, 0.5) is 5.69 Å². The van der Waals surface area contributed by atoms with Crippen molar-refractivity contribution in [1.82, 2.24) is 20.6 Å². The molecule has 0 aliphatic heterocycles. The van der Waals surface area contributed by atoms with E-state index in [9.17, 15) is 19.5 Å². The number of rotatable bonds is 16. The molecule has 2 unspecified atom stereocenters. The highest BCUT2D eigenvalue weighted by Crippen LogP contribution is 2.37. The first-order chi connectivity index (χ1) is 21.3. The zero-order valence-electron chi connectivity index (χ0n) is 23.3. The number of primary amides is 1. The van der Waals surface area contributed by atoms with Gasteiger partial charge in [0.2, 0.25) is 23.4 Å². The molecule has 0 aliphatic rings. The van der Waals surface area contributed by atoms with E-state index in [1.54, 1.807) is 78.9 Å². The normalized spacial score (nSPS) is 13.6. The van der Waals surface area contributed by atoms with Gasteiger partial charge in [-0.05, 0) is 46.7 Å². The summed E-state index contributed by atoms with van der Waals surface area (Å²) in [7, 11) is 0. The van der Waals surface area contributed by atoms with Gasteiger partial charge in [-0.15, -0.1) is 33.4 Å². The van der Waals surface area contributed by atoms with Crippen LogP contribution in [-0.2, 0) is 20.8 Å². The van der Waals surface area contributed by atoms with Gasteiger partial charge in [-0.1, -0.05) is 48.5 Å². The van der Waals surface area contributed by atoms with Crippen molar-refractivity contribution in [3.8, 4) is 17.1 Å². The van der Waals surface area contributed by atoms with Crippen molar-refractivity contribution < 1.29 is 24.2 Å². The lowest BCUT2D eigenvalue weighted by atomic mass is 9.76. The highest BCUT2D eigenvalue weighted by Gasteiger charge is 2.54. The van der Waals surface area contributed by atoms with Crippen LogP contribution in [0.25, 0.3) is 11.4 Å². The molecule has 44 heavy (non-hydrogen) atoms. The largest absolute Gasteiger partial charge is 0.486 e. The van der Waals surface area contributed by atoms with Crippen molar-refractivity contribution in [2.24, 2.45) is 10.7 Å². The molecule has 3 atom stereocenters. The number of tetrazole rings is 1. The molecular formula is C30H29Cl2N7O5. The summed E-state index contributed by atoms with van der Waals surface area (Å²) >= 11 is 11.9. The number of amides is 1. The average molecular weight is 639 g/mol. The Morgan fingerprint density at radius 2 is 1.75 bits per heavy atom. The molecule has 1 amide bonds. The lowest BCUT2D eigenvalue weighted by molar-refractivity contribution is -0.148. The number of nitrogens with one attached hydrogen (secondary N) is 1. The van der Waals surface area contributed by atoms with E-state index < -0.39 is 29.4 Å². The third-order valence-corrected chi connectivity index (χ3v) is 7.37. The van der Waals surface area contributed by atoms with Crippen molar-refractivity contribution in [2.75, 3.05) is 29.7 Å². The molecule has 0 radical (unpaired) electrons. The predicted molar refractivity (Wildman–Crippen MR) is 165 cm³/mol. The van der Waals surface area contributed by atoms with E-state index in [0.717, 1.165) is 5.69 Å². The molecule has 12 nitrogen and oxygen atoms in total. The Balaban J connectivity index is 1.87. The Labute approximate surface area is 262 Å². The monoisotopic (exact) mass is 637 g/mol. The Bertz CT molecular complexity index is 1580. The van der Waals surface area contributed by atoms with E-state index in [1.807, 2.05) is 4.90 Å². The van der Waals surface area contributed by atoms with Crippen molar-refractivity contribution in [3.05, 3.63) is 90.0 Å². The van der Waals surface area contributed by atoms with Gasteiger partial charge in [-0.3, -0.25) is 4.79 Å². The van der Waals surface area contributed by atoms with E-state index in [-0.39, 0.29) is 23.6 Å². The van der Waals surface area contributed by atoms with Crippen molar-refractivity contribution >= 4 is 46.8 Å². The minimum atomic E-state index is -2.33. The second kappa shape index (κ2) is 15.1. The molecule has 0 spiro atoms. The maximum Gasteiger partial charge on any atom is 0.336 e. The fourth-order valence-electron chi connectivity index (χ4n) is 4.98. The fourth-order valence-corrected chi connectivity index (χ4v) is 5.39. The minimum Gasteiger partial charge on any atom is -0.486 e. The number of carboxylic acid groups (broad SMARTS) is 1. The molecule has 228 valence electrons. The van der Waals surface area contributed by atoms with Crippen LogP contribution >= 0.6 is 23.2 Å². The van der Waals surface area contributed by atoms with Gasteiger partial charge in [0, 0.05) is 42.5 Å². The van der Waals surface area contributed by atoms with Gasteiger partial charge in [0.05, 0.1) is 0 Å². The highest BCUT2D eigenvalue weighted by atomic mass is 35.5. The lowest BCUT2D eigenvalue weighted by Gasteiger charge is -2.37. The number of ether oxygens (including phenoxy) is 1. The second-order valence-electron chi connectivity index (χ2n) is 9.73. The molecule has 14 heteroatoms. The fraction of sp³-hybridized carbons (Fsp3) is 0.267. The Hall–Kier alpha value is -4.77. The molecule has 4 aromatic rings. The number of carbonyl (C=O) groups excluding carboxylic acids is 2. The molecule has 0 saturated heterocycles. The average Bonchev–Trinajstić information content (AvgIpc) is 3.57. The quantitative estimate of drug-likeness (QED) is 0.0941. The summed E-state index contributed by atoms with van der Waals surface area (Å²) in [6.45, 7) is 1.09. The molecule has 0 aliphatic carbocycles. The maximum atomic E-state index is 13.3. The molecule has 0 bridgehead atoms. The van der Waals surface area contributed by atoms with Crippen LogP contribution in [0.15, 0.2) is 83.9 Å². The molecule has 3 aromatic carbocycles. The van der Waals surface area contributed by atoms with Crippen molar-refractivity contribution in [2.45, 2.75) is 24.0 Å². The number of carbonyl (C=O) groups is 2.